The van der Waals surface area contributed by atoms with Crippen LogP contribution in [0.5, 0.6) is 5.75 Å². The minimum Gasteiger partial charge on any atom is -0.508 e. The first-order valence-corrected chi connectivity index (χ1v) is 3.67. The summed E-state index contributed by atoms with van der Waals surface area (Å²) in [7, 11) is 1.89. The van der Waals surface area contributed by atoms with E-state index in [2.05, 4.69) is 5.32 Å². The van der Waals surface area contributed by atoms with Gasteiger partial charge in [-0.05, 0) is 31.2 Å². The second-order valence-corrected chi connectivity index (χ2v) is 2.65. The van der Waals surface area contributed by atoms with E-state index < -0.39 is 0 Å². The first kappa shape index (κ1) is 8.08. The minimum absolute atomic E-state index is 0.373. The van der Waals surface area contributed by atoms with Crippen LogP contribution in [0.4, 0.5) is 0 Å². The van der Waals surface area contributed by atoms with Crippen LogP contribution in [-0.4, -0.2) is 12.2 Å². The van der Waals surface area contributed by atoms with Crippen molar-refractivity contribution in [3.8, 4) is 5.75 Å². The zero-order chi connectivity index (χ0) is 8.27. The summed E-state index contributed by atoms with van der Waals surface area (Å²) in [5.74, 6) is 0.373. The van der Waals surface area contributed by atoms with Gasteiger partial charge in [-0.1, -0.05) is 12.1 Å². The predicted octanol–water partition coefficient (Wildman–Crippen LogP) is 1.42. The summed E-state index contributed by atoms with van der Waals surface area (Å²) in [6, 6.07) is 5.71. The van der Waals surface area contributed by atoms with Crippen molar-refractivity contribution in [2.45, 2.75) is 13.5 Å². The normalized spacial score (nSPS) is 10.0. The van der Waals surface area contributed by atoms with Gasteiger partial charge < -0.3 is 10.4 Å². The predicted molar refractivity (Wildman–Crippen MR) is 45.6 cm³/mol. The molecule has 2 nitrogen and oxygen atoms in total. The lowest BCUT2D eigenvalue weighted by molar-refractivity contribution is 0.470. The Morgan fingerprint density at radius 3 is 2.73 bits per heavy atom. The molecule has 60 valence electrons. The molecule has 1 rings (SSSR count). The van der Waals surface area contributed by atoms with Gasteiger partial charge in [0, 0.05) is 6.54 Å². The van der Waals surface area contributed by atoms with Crippen LogP contribution >= 0.6 is 0 Å². The van der Waals surface area contributed by atoms with Gasteiger partial charge in [0.1, 0.15) is 5.75 Å². The van der Waals surface area contributed by atoms with Crippen LogP contribution in [0.2, 0.25) is 0 Å². The zero-order valence-corrected chi connectivity index (χ0v) is 6.89. The number of aryl methyl sites for hydroxylation is 1. The fourth-order valence-electron chi connectivity index (χ4n) is 0.969. The Morgan fingerprint density at radius 1 is 1.45 bits per heavy atom. The van der Waals surface area contributed by atoms with E-state index >= 15 is 0 Å². The summed E-state index contributed by atoms with van der Waals surface area (Å²) in [5, 5.41) is 12.3. The van der Waals surface area contributed by atoms with Gasteiger partial charge >= 0.3 is 0 Å². The third-order valence-corrected chi connectivity index (χ3v) is 1.65. The SMILES string of the molecule is CNCc1ccc(C)c(O)c1. The largest absolute Gasteiger partial charge is 0.508 e. The number of phenols is 1. The Labute approximate surface area is 66.9 Å². The highest BCUT2D eigenvalue weighted by Gasteiger charge is 1.95. The van der Waals surface area contributed by atoms with Crippen molar-refractivity contribution in [2.24, 2.45) is 0 Å². The molecular formula is C9H13NO. The third kappa shape index (κ3) is 1.95. The minimum atomic E-state index is 0.373. The van der Waals surface area contributed by atoms with E-state index in [0.29, 0.717) is 5.75 Å². The Balaban J connectivity index is 2.86. The van der Waals surface area contributed by atoms with E-state index in [4.69, 9.17) is 0 Å². The molecule has 0 unspecified atom stereocenters. The summed E-state index contributed by atoms with van der Waals surface area (Å²) in [4.78, 5) is 0. The van der Waals surface area contributed by atoms with Gasteiger partial charge in [0.25, 0.3) is 0 Å². The molecule has 0 aliphatic carbocycles. The van der Waals surface area contributed by atoms with Gasteiger partial charge in [0.05, 0.1) is 0 Å². The van der Waals surface area contributed by atoms with E-state index in [1.54, 1.807) is 6.07 Å². The molecule has 0 heterocycles. The molecule has 11 heavy (non-hydrogen) atoms. The molecule has 0 aliphatic rings. The molecule has 0 spiro atoms. The van der Waals surface area contributed by atoms with E-state index in [1.165, 1.54) is 0 Å². The molecule has 0 saturated heterocycles. The molecule has 1 aromatic rings. The molecule has 0 aromatic heterocycles. The van der Waals surface area contributed by atoms with Crippen LogP contribution in [-0.2, 0) is 6.54 Å². The summed E-state index contributed by atoms with van der Waals surface area (Å²) >= 11 is 0. The molecule has 2 N–H and O–H groups in total. The smallest absolute Gasteiger partial charge is 0.118 e. The average molecular weight is 151 g/mol. The molecule has 0 bridgehead atoms. The van der Waals surface area contributed by atoms with Gasteiger partial charge in [-0.15, -0.1) is 0 Å². The summed E-state index contributed by atoms with van der Waals surface area (Å²) in [5.41, 5.74) is 2.03. The Bertz CT molecular complexity index is 245. The molecule has 0 aliphatic heterocycles. The van der Waals surface area contributed by atoms with Gasteiger partial charge in [0.2, 0.25) is 0 Å². The maximum Gasteiger partial charge on any atom is 0.118 e. The fourth-order valence-corrected chi connectivity index (χ4v) is 0.969. The van der Waals surface area contributed by atoms with E-state index in [0.717, 1.165) is 17.7 Å². The van der Waals surface area contributed by atoms with Crippen molar-refractivity contribution < 1.29 is 5.11 Å². The quantitative estimate of drug-likeness (QED) is 0.670. The Hall–Kier alpha value is -1.02. The van der Waals surface area contributed by atoms with Crippen molar-refractivity contribution >= 4 is 0 Å². The van der Waals surface area contributed by atoms with Crippen LogP contribution in [0.3, 0.4) is 0 Å². The summed E-state index contributed by atoms with van der Waals surface area (Å²) < 4.78 is 0. The highest BCUT2D eigenvalue weighted by Crippen LogP contribution is 2.16. The lowest BCUT2D eigenvalue weighted by atomic mass is 10.1. The van der Waals surface area contributed by atoms with Crippen molar-refractivity contribution in [2.75, 3.05) is 7.05 Å². The lowest BCUT2D eigenvalue weighted by Crippen LogP contribution is -2.04. The number of hydrogen-bond acceptors (Lipinski definition) is 2. The van der Waals surface area contributed by atoms with E-state index in [9.17, 15) is 5.11 Å². The maximum absolute atomic E-state index is 9.30. The molecule has 1 aromatic carbocycles. The topological polar surface area (TPSA) is 32.3 Å². The highest BCUT2D eigenvalue weighted by molar-refractivity contribution is 5.35. The number of phenolic OH excluding ortho intramolecular Hbond substituents is 1. The molecule has 2 heteroatoms. The first-order chi connectivity index (χ1) is 5.24. The highest BCUT2D eigenvalue weighted by atomic mass is 16.3. The van der Waals surface area contributed by atoms with Crippen LogP contribution in [0, 0.1) is 6.92 Å². The van der Waals surface area contributed by atoms with Crippen molar-refractivity contribution in [1.82, 2.24) is 5.32 Å². The first-order valence-electron chi connectivity index (χ1n) is 3.67. The number of benzene rings is 1. The zero-order valence-electron chi connectivity index (χ0n) is 6.89. The van der Waals surface area contributed by atoms with Crippen LogP contribution in [0.15, 0.2) is 18.2 Å². The standard InChI is InChI=1S/C9H13NO/c1-7-3-4-8(6-10-2)5-9(7)11/h3-5,10-11H,6H2,1-2H3. The van der Waals surface area contributed by atoms with Crippen molar-refractivity contribution in [1.29, 1.82) is 0 Å². The van der Waals surface area contributed by atoms with Gasteiger partial charge in [-0.25, -0.2) is 0 Å². The molecule has 0 atom stereocenters. The summed E-state index contributed by atoms with van der Waals surface area (Å²) in [6.45, 7) is 2.69. The molecule has 0 amide bonds. The van der Waals surface area contributed by atoms with Gasteiger partial charge in [-0.2, -0.15) is 0 Å². The average Bonchev–Trinajstić information content (AvgIpc) is 1.98. The van der Waals surface area contributed by atoms with Crippen molar-refractivity contribution in [3.05, 3.63) is 29.3 Å². The lowest BCUT2D eigenvalue weighted by Gasteiger charge is -2.02. The number of aromatic hydroxyl groups is 1. The van der Waals surface area contributed by atoms with E-state index in [-0.39, 0.29) is 0 Å². The maximum atomic E-state index is 9.30. The molecule has 0 saturated carbocycles. The summed E-state index contributed by atoms with van der Waals surface area (Å²) in [6.07, 6.45) is 0. The number of nitrogens with one attached hydrogen (secondary N) is 1. The second kappa shape index (κ2) is 3.39. The molecule has 0 radical (unpaired) electrons. The third-order valence-electron chi connectivity index (χ3n) is 1.65. The van der Waals surface area contributed by atoms with E-state index in [1.807, 2.05) is 26.1 Å². The van der Waals surface area contributed by atoms with Gasteiger partial charge in [0.15, 0.2) is 0 Å². The molecular weight excluding hydrogens is 138 g/mol. The van der Waals surface area contributed by atoms with Crippen molar-refractivity contribution in [3.63, 3.8) is 0 Å². The van der Waals surface area contributed by atoms with Crippen LogP contribution < -0.4 is 5.32 Å². The van der Waals surface area contributed by atoms with Crippen LogP contribution in [0.25, 0.3) is 0 Å². The Morgan fingerprint density at radius 2 is 2.18 bits per heavy atom. The van der Waals surface area contributed by atoms with Gasteiger partial charge in [-0.3, -0.25) is 0 Å². The number of hydrogen-bond donors (Lipinski definition) is 2. The Kier molecular flexibility index (Phi) is 2.49. The fraction of sp³-hybridized carbons (Fsp3) is 0.333. The second-order valence-electron chi connectivity index (χ2n) is 2.65. The number of rotatable bonds is 2. The monoisotopic (exact) mass is 151 g/mol. The molecule has 0 fully saturated rings. The van der Waals surface area contributed by atoms with Crippen LogP contribution in [0.1, 0.15) is 11.1 Å².